The molecular weight excluding hydrogens is 252 g/mol. The van der Waals surface area contributed by atoms with Crippen molar-refractivity contribution < 1.29 is 9.59 Å². The molecule has 0 spiro atoms. The molecule has 0 aromatic heterocycles. The molecule has 0 saturated heterocycles. The third-order valence-electron chi connectivity index (χ3n) is 3.37. The number of aryl methyl sites for hydroxylation is 1. The van der Waals surface area contributed by atoms with Crippen LogP contribution in [0.15, 0.2) is 24.3 Å². The van der Waals surface area contributed by atoms with Crippen LogP contribution in [0.2, 0.25) is 0 Å². The first-order valence-corrected chi connectivity index (χ1v) is 7.17. The summed E-state index contributed by atoms with van der Waals surface area (Å²) >= 11 is 0. The van der Waals surface area contributed by atoms with Gasteiger partial charge in [0.25, 0.3) is 5.91 Å². The van der Waals surface area contributed by atoms with Gasteiger partial charge in [-0.25, -0.2) is 0 Å². The second kappa shape index (κ2) is 8.48. The number of nitrogens with two attached hydrogens (primary N) is 1. The maximum Gasteiger partial charge on any atom is 0.251 e. The van der Waals surface area contributed by atoms with Crippen molar-refractivity contribution >= 4 is 11.7 Å². The highest BCUT2D eigenvalue weighted by Crippen LogP contribution is 2.05. The fourth-order valence-electron chi connectivity index (χ4n) is 1.89. The van der Waals surface area contributed by atoms with Crippen molar-refractivity contribution in [2.45, 2.75) is 45.6 Å². The topological polar surface area (TPSA) is 72.2 Å². The highest BCUT2D eigenvalue weighted by molar-refractivity contribution is 5.94. The van der Waals surface area contributed by atoms with Gasteiger partial charge in [0.05, 0.1) is 6.04 Å². The van der Waals surface area contributed by atoms with Gasteiger partial charge in [-0.2, -0.15) is 0 Å². The van der Waals surface area contributed by atoms with Crippen LogP contribution in [0, 0.1) is 0 Å². The normalized spacial score (nSPS) is 11.9. The first-order valence-electron chi connectivity index (χ1n) is 7.17. The van der Waals surface area contributed by atoms with Crippen molar-refractivity contribution in [1.29, 1.82) is 0 Å². The van der Waals surface area contributed by atoms with E-state index in [-0.39, 0.29) is 17.7 Å². The molecule has 0 saturated carbocycles. The molecule has 4 nitrogen and oxygen atoms in total. The van der Waals surface area contributed by atoms with E-state index in [4.69, 9.17) is 5.73 Å². The Hall–Kier alpha value is -1.68. The second-order valence-corrected chi connectivity index (χ2v) is 5.02. The van der Waals surface area contributed by atoms with Crippen LogP contribution in [0.4, 0.5) is 0 Å². The van der Waals surface area contributed by atoms with Crippen molar-refractivity contribution in [2.75, 3.05) is 6.54 Å². The number of Topliss-reactive ketones (excluding diaryl/α,β-unsaturated/α-hetero) is 1. The van der Waals surface area contributed by atoms with Crippen molar-refractivity contribution in [1.82, 2.24) is 5.32 Å². The van der Waals surface area contributed by atoms with Crippen LogP contribution in [0.1, 0.15) is 49.0 Å². The molecule has 0 fully saturated rings. The molecule has 1 amide bonds. The largest absolute Gasteiger partial charge is 0.352 e. The smallest absolute Gasteiger partial charge is 0.251 e. The van der Waals surface area contributed by atoms with Gasteiger partial charge in [0.2, 0.25) is 0 Å². The fourth-order valence-corrected chi connectivity index (χ4v) is 1.89. The summed E-state index contributed by atoms with van der Waals surface area (Å²) in [7, 11) is 0. The standard InChI is InChI=1S/C16H24N2O2/c1-3-13-7-9-14(10-8-13)16(20)18-11-5-4-6-15(17)12(2)19/h7-10,15H,3-6,11,17H2,1-2H3,(H,18,20). The summed E-state index contributed by atoms with van der Waals surface area (Å²) in [5.74, 6) is -0.0337. The van der Waals surface area contributed by atoms with Gasteiger partial charge in [0, 0.05) is 12.1 Å². The molecule has 1 aromatic carbocycles. The van der Waals surface area contributed by atoms with Crippen molar-refractivity contribution in [3.8, 4) is 0 Å². The minimum absolute atomic E-state index is 0.0186. The van der Waals surface area contributed by atoms with E-state index in [1.165, 1.54) is 12.5 Å². The number of unbranched alkanes of at least 4 members (excludes halogenated alkanes) is 1. The van der Waals surface area contributed by atoms with E-state index < -0.39 is 0 Å². The minimum Gasteiger partial charge on any atom is -0.352 e. The van der Waals surface area contributed by atoms with Crippen LogP contribution in [0.3, 0.4) is 0 Å². The molecule has 0 aliphatic rings. The molecular formula is C16H24N2O2. The number of hydrogen-bond donors (Lipinski definition) is 2. The van der Waals surface area contributed by atoms with Crippen LogP contribution in [0.5, 0.6) is 0 Å². The molecule has 1 aromatic rings. The van der Waals surface area contributed by atoms with Crippen LogP contribution in [-0.2, 0) is 11.2 Å². The molecule has 4 heteroatoms. The first kappa shape index (κ1) is 16.4. The van der Waals surface area contributed by atoms with Crippen LogP contribution in [-0.4, -0.2) is 24.3 Å². The van der Waals surface area contributed by atoms with Crippen LogP contribution >= 0.6 is 0 Å². The maximum atomic E-state index is 11.9. The number of carbonyl (C=O) groups is 2. The molecule has 1 unspecified atom stereocenters. The third-order valence-corrected chi connectivity index (χ3v) is 3.37. The summed E-state index contributed by atoms with van der Waals surface area (Å²) in [4.78, 5) is 22.8. The highest BCUT2D eigenvalue weighted by atomic mass is 16.1. The fraction of sp³-hybridized carbons (Fsp3) is 0.500. The van der Waals surface area contributed by atoms with Crippen LogP contribution in [0.25, 0.3) is 0 Å². The summed E-state index contributed by atoms with van der Waals surface area (Å²) in [6.45, 7) is 4.20. The zero-order valence-electron chi connectivity index (χ0n) is 12.3. The van der Waals surface area contributed by atoms with Crippen molar-refractivity contribution in [3.05, 3.63) is 35.4 Å². The van der Waals surface area contributed by atoms with E-state index in [0.717, 1.165) is 19.3 Å². The number of amides is 1. The zero-order chi connectivity index (χ0) is 15.0. The lowest BCUT2D eigenvalue weighted by molar-refractivity contribution is -0.118. The van der Waals surface area contributed by atoms with Crippen LogP contribution < -0.4 is 11.1 Å². The number of hydrogen-bond acceptors (Lipinski definition) is 3. The van der Waals surface area contributed by atoms with E-state index in [9.17, 15) is 9.59 Å². The van der Waals surface area contributed by atoms with E-state index in [1.807, 2.05) is 24.3 Å². The first-order chi connectivity index (χ1) is 9.54. The summed E-state index contributed by atoms with van der Waals surface area (Å²) in [5.41, 5.74) is 7.55. The zero-order valence-corrected chi connectivity index (χ0v) is 12.3. The summed E-state index contributed by atoms with van der Waals surface area (Å²) in [6.07, 6.45) is 3.32. The Bertz CT molecular complexity index is 440. The summed E-state index contributed by atoms with van der Waals surface area (Å²) < 4.78 is 0. The Morgan fingerprint density at radius 3 is 2.40 bits per heavy atom. The number of rotatable bonds is 8. The summed E-state index contributed by atoms with van der Waals surface area (Å²) in [6, 6.07) is 7.27. The molecule has 0 aliphatic carbocycles. The van der Waals surface area contributed by atoms with Gasteiger partial charge in [-0.1, -0.05) is 19.1 Å². The maximum absolute atomic E-state index is 11.9. The van der Waals surface area contributed by atoms with E-state index in [2.05, 4.69) is 12.2 Å². The van der Waals surface area contributed by atoms with Gasteiger partial charge in [0.15, 0.2) is 0 Å². The number of carbonyl (C=O) groups excluding carboxylic acids is 2. The quantitative estimate of drug-likeness (QED) is 0.714. The molecule has 3 N–H and O–H groups in total. The number of ketones is 1. The lowest BCUT2D eigenvalue weighted by Gasteiger charge is -2.08. The van der Waals surface area contributed by atoms with Crippen molar-refractivity contribution in [3.63, 3.8) is 0 Å². The van der Waals surface area contributed by atoms with Gasteiger partial charge in [-0.3, -0.25) is 9.59 Å². The number of benzene rings is 1. The Morgan fingerprint density at radius 1 is 1.20 bits per heavy atom. The van der Waals surface area contributed by atoms with Gasteiger partial charge in [-0.15, -0.1) is 0 Å². The number of nitrogens with one attached hydrogen (secondary N) is 1. The lowest BCUT2D eigenvalue weighted by Crippen LogP contribution is -2.29. The van der Waals surface area contributed by atoms with E-state index in [1.54, 1.807) is 0 Å². The van der Waals surface area contributed by atoms with Crippen molar-refractivity contribution in [2.24, 2.45) is 5.73 Å². The monoisotopic (exact) mass is 276 g/mol. The molecule has 1 rings (SSSR count). The molecule has 0 radical (unpaired) electrons. The van der Waals surface area contributed by atoms with Gasteiger partial charge in [0.1, 0.15) is 5.78 Å². The Morgan fingerprint density at radius 2 is 1.85 bits per heavy atom. The van der Waals surface area contributed by atoms with E-state index >= 15 is 0 Å². The van der Waals surface area contributed by atoms with Gasteiger partial charge >= 0.3 is 0 Å². The predicted octanol–water partition coefficient (Wildman–Crippen LogP) is 2.07. The third kappa shape index (κ3) is 5.53. The SMILES string of the molecule is CCc1ccc(C(=O)NCCCCC(N)C(C)=O)cc1. The Kier molecular flexibility index (Phi) is 6.94. The Balaban J connectivity index is 2.24. The molecule has 0 bridgehead atoms. The summed E-state index contributed by atoms with van der Waals surface area (Å²) in [5, 5.41) is 2.87. The second-order valence-electron chi connectivity index (χ2n) is 5.02. The van der Waals surface area contributed by atoms with E-state index in [0.29, 0.717) is 18.5 Å². The molecule has 110 valence electrons. The predicted molar refractivity (Wildman–Crippen MR) is 80.7 cm³/mol. The minimum atomic E-state index is -0.368. The molecule has 0 heterocycles. The Labute approximate surface area is 120 Å². The molecule has 1 atom stereocenters. The average Bonchev–Trinajstić information content (AvgIpc) is 2.46. The molecule has 0 aliphatic heterocycles. The lowest BCUT2D eigenvalue weighted by atomic mass is 10.1. The van der Waals surface area contributed by atoms with Gasteiger partial charge < -0.3 is 11.1 Å². The molecule has 20 heavy (non-hydrogen) atoms. The average molecular weight is 276 g/mol. The highest BCUT2D eigenvalue weighted by Gasteiger charge is 2.07. The van der Waals surface area contributed by atoms with Gasteiger partial charge in [-0.05, 0) is 50.3 Å².